The van der Waals surface area contributed by atoms with Crippen LogP contribution in [0.4, 0.5) is 0 Å². The number of aliphatic hydroxyl groups excluding tert-OH is 1. The Hall–Kier alpha value is -1.36. The summed E-state index contributed by atoms with van der Waals surface area (Å²) in [6, 6.07) is 1.98. The number of nitrogens with one attached hydrogen (secondary N) is 1. The maximum atomic E-state index is 12.1. The predicted octanol–water partition coefficient (Wildman–Crippen LogP) is 0.787. The van der Waals surface area contributed by atoms with Crippen LogP contribution >= 0.6 is 0 Å². The minimum absolute atomic E-state index is 0.0259. The number of hydrogen-bond acceptors (Lipinski definition) is 3. The summed E-state index contributed by atoms with van der Waals surface area (Å²) in [5, 5.41) is 15.3. The van der Waals surface area contributed by atoms with Crippen LogP contribution in [0.25, 0.3) is 0 Å². The molecule has 1 saturated heterocycles. The summed E-state index contributed by atoms with van der Waals surface area (Å²) in [5.74, 6) is 0.0259. The van der Waals surface area contributed by atoms with Crippen molar-refractivity contribution < 1.29 is 9.90 Å². The summed E-state index contributed by atoms with van der Waals surface area (Å²) in [7, 11) is 0. The van der Waals surface area contributed by atoms with Gasteiger partial charge in [-0.3, -0.25) is 9.89 Å². The van der Waals surface area contributed by atoms with Crippen molar-refractivity contribution in [3.63, 3.8) is 0 Å². The van der Waals surface area contributed by atoms with Crippen LogP contribution in [-0.4, -0.2) is 45.3 Å². The van der Waals surface area contributed by atoms with Gasteiger partial charge in [0.05, 0.1) is 0 Å². The molecule has 1 aliphatic heterocycles. The lowest BCUT2D eigenvalue weighted by Crippen LogP contribution is -2.35. The zero-order valence-corrected chi connectivity index (χ0v) is 9.22. The largest absolute Gasteiger partial charge is 0.396 e. The number of aromatic nitrogens is 2. The van der Waals surface area contributed by atoms with E-state index in [0.29, 0.717) is 5.69 Å². The number of aromatic amines is 1. The number of rotatable bonds is 4. The number of carbonyl (C=O) groups excluding carboxylic acids is 1. The number of nitrogens with zero attached hydrogens (tertiary/aromatic N) is 2. The summed E-state index contributed by atoms with van der Waals surface area (Å²) < 4.78 is 0. The molecule has 1 aliphatic rings. The van der Waals surface area contributed by atoms with Gasteiger partial charge < -0.3 is 10.0 Å². The van der Waals surface area contributed by atoms with Crippen molar-refractivity contribution in [1.29, 1.82) is 0 Å². The molecule has 0 aromatic carbocycles. The average molecular weight is 223 g/mol. The van der Waals surface area contributed by atoms with Crippen LogP contribution in [0.15, 0.2) is 12.3 Å². The highest BCUT2D eigenvalue weighted by atomic mass is 16.3. The van der Waals surface area contributed by atoms with Crippen LogP contribution in [0.3, 0.4) is 0 Å². The molecule has 0 bridgehead atoms. The van der Waals surface area contributed by atoms with Crippen molar-refractivity contribution in [2.75, 3.05) is 13.2 Å². The van der Waals surface area contributed by atoms with Crippen LogP contribution < -0.4 is 0 Å². The monoisotopic (exact) mass is 223 g/mol. The average Bonchev–Trinajstić information content (AvgIpc) is 2.96. The first-order valence-electron chi connectivity index (χ1n) is 5.74. The third kappa shape index (κ3) is 2.24. The quantitative estimate of drug-likeness (QED) is 0.792. The molecule has 1 amide bonds. The number of aliphatic hydroxyl groups is 1. The van der Waals surface area contributed by atoms with Gasteiger partial charge in [0.15, 0.2) is 0 Å². The van der Waals surface area contributed by atoms with E-state index in [0.717, 1.165) is 32.2 Å². The Bertz CT molecular complexity index is 337. The summed E-state index contributed by atoms with van der Waals surface area (Å²) >= 11 is 0. The molecular formula is C11H17N3O2. The molecule has 5 heteroatoms. The molecule has 5 nitrogen and oxygen atoms in total. The lowest BCUT2D eigenvalue weighted by molar-refractivity contribution is 0.0718. The summed E-state index contributed by atoms with van der Waals surface area (Å²) in [6.45, 7) is 1.01. The van der Waals surface area contributed by atoms with Crippen molar-refractivity contribution in [2.45, 2.75) is 31.7 Å². The lowest BCUT2D eigenvalue weighted by atomic mass is 10.1. The van der Waals surface area contributed by atoms with Crippen molar-refractivity contribution in [2.24, 2.45) is 0 Å². The third-order valence-electron chi connectivity index (χ3n) is 3.06. The van der Waals surface area contributed by atoms with Crippen molar-refractivity contribution in [3.05, 3.63) is 18.0 Å². The van der Waals surface area contributed by atoms with Crippen molar-refractivity contribution >= 4 is 5.91 Å². The van der Waals surface area contributed by atoms with Crippen molar-refractivity contribution in [3.8, 4) is 0 Å². The van der Waals surface area contributed by atoms with E-state index < -0.39 is 0 Å². The molecule has 0 spiro atoms. The van der Waals surface area contributed by atoms with Crippen LogP contribution in [0.2, 0.25) is 0 Å². The first kappa shape index (κ1) is 11.1. The van der Waals surface area contributed by atoms with Crippen molar-refractivity contribution in [1.82, 2.24) is 15.1 Å². The molecule has 1 aromatic heterocycles. The van der Waals surface area contributed by atoms with E-state index in [2.05, 4.69) is 10.2 Å². The Balaban J connectivity index is 1.99. The fourth-order valence-electron chi connectivity index (χ4n) is 2.26. The molecule has 1 unspecified atom stereocenters. The van der Waals surface area contributed by atoms with E-state index >= 15 is 0 Å². The van der Waals surface area contributed by atoms with Gasteiger partial charge in [0.2, 0.25) is 0 Å². The minimum Gasteiger partial charge on any atom is -0.396 e. The second-order valence-corrected chi connectivity index (χ2v) is 4.13. The van der Waals surface area contributed by atoms with Gasteiger partial charge in [-0.25, -0.2) is 0 Å². The predicted molar refractivity (Wildman–Crippen MR) is 59.0 cm³/mol. The fraction of sp³-hybridized carbons (Fsp3) is 0.636. The first-order valence-corrected chi connectivity index (χ1v) is 5.74. The molecule has 0 aliphatic carbocycles. The highest BCUT2D eigenvalue weighted by molar-refractivity contribution is 5.92. The maximum absolute atomic E-state index is 12.1. The van der Waals surface area contributed by atoms with E-state index in [1.165, 1.54) is 0 Å². The van der Waals surface area contributed by atoms with Gasteiger partial charge in [-0.05, 0) is 31.7 Å². The van der Waals surface area contributed by atoms with Gasteiger partial charge in [-0.15, -0.1) is 0 Å². The summed E-state index contributed by atoms with van der Waals surface area (Å²) in [4.78, 5) is 14.0. The highest BCUT2D eigenvalue weighted by Crippen LogP contribution is 2.22. The number of amides is 1. The van der Waals surface area contributed by atoms with Gasteiger partial charge in [0.25, 0.3) is 5.91 Å². The molecule has 0 saturated carbocycles. The van der Waals surface area contributed by atoms with E-state index in [1.807, 2.05) is 4.90 Å². The second-order valence-electron chi connectivity index (χ2n) is 4.13. The molecule has 1 atom stereocenters. The van der Waals surface area contributed by atoms with E-state index in [-0.39, 0.29) is 18.6 Å². The molecule has 1 fully saturated rings. The highest BCUT2D eigenvalue weighted by Gasteiger charge is 2.29. The SMILES string of the molecule is O=C(c1ccn[nH]1)N1CCCC1CCCO. The molecular weight excluding hydrogens is 206 g/mol. The number of H-pyrrole nitrogens is 1. The Morgan fingerprint density at radius 1 is 1.69 bits per heavy atom. The van der Waals surface area contributed by atoms with Crippen LogP contribution in [0.1, 0.15) is 36.2 Å². The number of likely N-dealkylation sites (tertiary alicyclic amines) is 1. The Kier molecular flexibility index (Phi) is 3.56. The summed E-state index contributed by atoms with van der Waals surface area (Å²) in [6.07, 6.45) is 5.33. The second kappa shape index (κ2) is 5.12. The lowest BCUT2D eigenvalue weighted by Gasteiger charge is -2.23. The van der Waals surface area contributed by atoms with E-state index in [9.17, 15) is 4.79 Å². The zero-order chi connectivity index (χ0) is 11.4. The van der Waals surface area contributed by atoms with Crippen LogP contribution in [-0.2, 0) is 0 Å². The van der Waals surface area contributed by atoms with Gasteiger partial charge >= 0.3 is 0 Å². The van der Waals surface area contributed by atoms with Crippen LogP contribution in [0, 0.1) is 0 Å². The molecule has 88 valence electrons. The normalized spacial score (nSPS) is 20.3. The minimum atomic E-state index is 0.0259. The fourth-order valence-corrected chi connectivity index (χ4v) is 2.26. The third-order valence-corrected chi connectivity index (χ3v) is 3.06. The number of hydrogen-bond donors (Lipinski definition) is 2. The van der Waals surface area contributed by atoms with Gasteiger partial charge in [0, 0.05) is 25.4 Å². The molecule has 2 heterocycles. The standard InChI is InChI=1S/C11H17N3O2/c15-8-2-4-9-3-1-7-14(9)11(16)10-5-6-12-13-10/h5-6,9,15H,1-4,7-8H2,(H,12,13). The topological polar surface area (TPSA) is 69.2 Å². The molecule has 2 rings (SSSR count). The first-order chi connectivity index (χ1) is 7.83. The zero-order valence-electron chi connectivity index (χ0n) is 9.22. The number of carbonyl (C=O) groups is 1. The van der Waals surface area contributed by atoms with E-state index in [1.54, 1.807) is 12.3 Å². The molecule has 2 N–H and O–H groups in total. The Morgan fingerprint density at radius 3 is 3.25 bits per heavy atom. The summed E-state index contributed by atoms with van der Waals surface area (Å²) in [5.41, 5.74) is 0.552. The van der Waals surface area contributed by atoms with Gasteiger partial charge in [0.1, 0.15) is 5.69 Å². The van der Waals surface area contributed by atoms with Crippen LogP contribution in [0.5, 0.6) is 0 Å². The maximum Gasteiger partial charge on any atom is 0.272 e. The Labute approximate surface area is 94.5 Å². The smallest absolute Gasteiger partial charge is 0.272 e. The molecule has 1 aromatic rings. The molecule has 16 heavy (non-hydrogen) atoms. The molecule has 0 radical (unpaired) electrons. The van der Waals surface area contributed by atoms with E-state index in [4.69, 9.17) is 5.11 Å². The van der Waals surface area contributed by atoms with Gasteiger partial charge in [-0.2, -0.15) is 5.10 Å². The van der Waals surface area contributed by atoms with Gasteiger partial charge in [-0.1, -0.05) is 0 Å². The Morgan fingerprint density at radius 2 is 2.56 bits per heavy atom.